The van der Waals surface area contributed by atoms with Crippen molar-refractivity contribution in [1.29, 1.82) is 0 Å². The van der Waals surface area contributed by atoms with E-state index < -0.39 is 6.43 Å². The summed E-state index contributed by atoms with van der Waals surface area (Å²) in [6.07, 6.45) is 0.989. The number of amides is 1. The lowest BCUT2D eigenvalue weighted by Crippen LogP contribution is -2.21. The number of nitrogens with one attached hydrogen (secondary N) is 1. The summed E-state index contributed by atoms with van der Waals surface area (Å²) in [5.41, 5.74) is 0.434. The molecule has 1 aliphatic carbocycles. The highest BCUT2D eigenvalue weighted by atomic mass is 19.3. The number of carbonyl (C=O) groups excluding carboxylic acids is 1. The molecule has 21 heavy (non-hydrogen) atoms. The Morgan fingerprint density at radius 3 is 2.81 bits per heavy atom. The molecule has 112 valence electrons. The molecule has 0 aliphatic heterocycles. The molecule has 0 spiro atoms. The van der Waals surface area contributed by atoms with Crippen LogP contribution in [-0.2, 0) is 18.4 Å². The molecule has 1 aliphatic rings. The van der Waals surface area contributed by atoms with Crippen molar-refractivity contribution in [3.05, 3.63) is 29.7 Å². The van der Waals surface area contributed by atoms with Gasteiger partial charge in [-0.25, -0.2) is 8.78 Å². The van der Waals surface area contributed by atoms with Crippen molar-refractivity contribution in [2.45, 2.75) is 31.7 Å². The first kappa shape index (κ1) is 13.7. The molecular formula is C13H15F2N5O. The van der Waals surface area contributed by atoms with Gasteiger partial charge in [0.25, 0.3) is 6.43 Å². The van der Waals surface area contributed by atoms with Crippen LogP contribution in [0.4, 0.5) is 14.6 Å². The van der Waals surface area contributed by atoms with Crippen LogP contribution in [0.5, 0.6) is 0 Å². The highest BCUT2D eigenvalue weighted by Crippen LogP contribution is 2.41. The summed E-state index contributed by atoms with van der Waals surface area (Å²) in [4.78, 5) is 12.0. The maximum Gasteiger partial charge on any atom is 0.282 e. The topological polar surface area (TPSA) is 64.7 Å². The number of hydrogen-bond acceptors (Lipinski definition) is 3. The van der Waals surface area contributed by atoms with Gasteiger partial charge in [-0.2, -0.15) is 10.2 Å². The molecule has 0 bridgehead atoms. The largest absolute Gasteiger partial charge is 0.308 e. The molecule has 3 rings (SSSR count). The van der Waals surface area contributed by atoms with Crippen LogP contribution in [0.1, 0.15) is 36.6 Å². The van der Waals surface area contributed by atoms with E-state index >= 15 is 0 Å². The van der Waals surface area contributed by atoms with Gasteiger partial charge in [0.15, 0.2) is 5.82 Å². The third-order valence-corrected chi connectivity index (χ3v) is 3.32. The van der Waals surface area contributed by atoms with Crippen molar-refractivity contribution < 1.29 is 13.6 Å². The molecule has 1 amide bonds. The molecule has 1 N–H and O–H groups in total. The molecule has 2 aromatic rings. The molecule has 0 saturated heterocycles. The van der Waals surface area contributed by atoms with Crippen LogP contribution < -0.4 is 5.32 Å². The SMILES string of the molecule is Cn1ccc(NC(=O)Cn2nc(C(F)F)cc2C2CC2)n1. The summed E-state index contributed by atoms with van der Waals surface area (Å²) in [7, 11) is 1.74. The third kappa shape index (κ3) is 3.09. The highest BCUT2D eigenvalue weighted by molar-refractivity contribution is 5.89. The fourth-order valence-electron chi connectivity index (χ4n) is 2.19. The van der Waals surface area contributed by atoms with Crippen LogP contribution >= 0.6 is 0 Å². The second-order valence-corrected chi connectivity index (χ2v) is 5.15. The lowest BCUT2D eigenvalue weighted by atomic mass is 10.2. The number of carbonyl (C=O) groups is 1. The zero-order chi connectivity index (χ0) is 15.0. The van der Waals surface area contributed by atoms with Crippen LogP contribution in [0.2, 0.25) is 0 Å². The van der Waals surface area contributed by atoms with Crippen LogP contribution in [0.15, 0.2) is 18.3 Å². The Morgan fingerprint density at radius 1 is 1.48 bits per heavy atom. The number of nitrogens with zero attached hydrogens (tertiary/aromatic N) is 4. The Bertz CT molecular complexity index is 659. The van der Waals surface area contributed by atoms with Gasteiger partial charge in [-0.15, -0.1) is 0 Å². The molecule has 8 heteroatoms. The van der Waals surface area contributed by atoms with Gasteiger partial charge < -0.3 is 5.32 Å². The van der Waals surface area contributed by atoms with E-state index in [4.69, 9.17) is 0 Å². The van der Waals surface area contributed by atoms with E-state index in [1.165, 1.54) is 10.7 Å². The van der Waals surface area contributed by atoms with Gasteiger partial charge in [0.05, 0.1) is 0 Å². The first-order valence-corrected chi connectivity index (χ1v) is 6.68. The molecule has 0 radical (unpaired) electrons. The number of rotatable bonds is 5. The van der Waals surface area contributed by atoms with E-state index in [9.17, 15) is 13.6 Å². The minimum atomic E-state index is -2.62. The van der Waals surface area contributed by atoms with Crippen molar-refractivity contribution in [3.8, 4) is 0 Å². The second kappa shape index (κ2) is 5.27. The quantitative estimate of drug-likeness (QED) is 0.918. The maximum absolute atomic E-state index is 12.7. The zero-order valence-electron chi connectivity index (χ0n) is 11.5. The van der Waals surface area contributed by atoms with Gasteiger partial charge >= 0.3 is 0 Å². The number of alkyl halides is 2. The number of hydrogen-bond donors (Lipinski definition) is 1. The van der Waals surface area contributed by atoms with Crippen molar-refractivity contribution in [2.24, 2.45) is 7.05 Å². The third-order valence-electron chi connectivity index (χ3n) is 3.32. The molecule has 1 saturated carbocycles. The lowest BCUT2D eigenvalue weighted by molar-refractivity contribution is -0.117. The van der Waals surface area contributed by atoms with Gasteiger partial charge in [0, 0.05) is 30.9 Å². The Hall–Kier alpha value is -2.25. The number of anilines is 1. The Kier molecular flexibility index (Phi) is 3.44. The van der Waals surface area contributed by atoms with E-state index in [0.717, 1.165) is 12.8 Å². The van der Waals surface area contributed by atoms with Crippen LogP contribution in [0.25, 0.3) is 0 Å². The Morgan fingerprint density at radius 2 is 2.24 bits per heavy atom. The standard InChI is InChI=1S/C13H15F2N5O/c1-19-5-4-11(18-19)16-12(21)7-20-10(8-2-3-8)6-9(17-20)13(14)15/h4-6,8,13H,2-3,7H2,1H3,(H,16,18,21). The van der Waals surface area contributed by atoms with E-state index in [-0.39, 0.29) is 24.1 Å². The lowest BCUT2D eigenvalue weighted by Gasteiger charge is -2.06. The van der Waals surface area contributed by atoms with Crippen molar-refractivity contribution in [2.75, 3.05) is 5.32 Å². The van der Waals surface area contributed by atoms with Gasteiger partial charge in [0.1, 0.15) is 12.2 Å². The van der Waals surface area contributed by atoms with Crippen LogP contribution in [0, 0.1) is 0 Å². The Labute approximate surface area is 119 Å². The first-order valence-electron chi connectivity index (χ1n) is 6.68. The predicted octanol–water partition coefficient (Wildman–Crippen LogP) is 2.07. The summed E-state index contributed by atoms with van der Waals surface area (Å²) < 4.78 is 28.4. The summed E-state index contributed by atoms with van der Waals surface area (Å²) >= 11 is 0. The summed E-state index contributed by atoms with van der Waals surface area (Å²) in [6, 6.07) is 3.06. The predicted molar refractivity (Wildman–Crippen MR) is 71.0 cm³/mol. The van der Waals surface area contributed by atoms with E-state index in [1.54, 1.807) is 24.0 Å². The molecule has 2 aromatic heterocycles. The fraction of sp³-hybridized carbons (Fsp3) is 0.462. The molecule has 2 heterocycles. The molecular weight excluding hydrogens is 280 g/mol. The molecule has 0 atom stereocenters. The van der Waals surface area contributed by atoms with Gasteiger partial charge in [-0.1, -0.05) is 0 Å². The number of aryl methyl sites for hydroxylation is 1. The Balaban J connectivity index is 1.72. The summed E-state index contributed by atoms with van der Waals surface area (Å²) in [5.74, 6) is 0.337. The van der Waals surface area contributed by atoms with Crippen molar-refractivity contribution in [3.63, 3.8) is 0 Å². The van der Waals surface area contributed by atoms with Crippen molar-refractivity contribution >= 4 is 11.7 Å². The minimum absolute atomic E-state index is 0.0882. The van der Waals surface area contributed by atoms with Gasteiger partial charge in [-0.3, -0.25) is 14.2 Å². The second-order valence-electron chi connectivity index (χ2n) is 5.15. The van der Waals surface area contributed by atoms with Crippen LogP contribution in [0.3, 0.4) is 0 Å². The van der Waals surface area contributed by atoms with E-state index in [2.05, 4.69) is 15.5 Å². The smallest absolute Gasteiger partial charge is 0.282 e. The molecule has 1 fully saturated rings. The molecule has 6 nitrogen and oxygen atoms in total. The molecule has 0 unspecified atom stereocenters. The fourth-order valence-corrected chi connectivity index (χ4v) is 2.19. The van der Waals surface area contributed by atoms with E-state index in [0.29, 0.717) is 11.5 Å². The van der Waals surface area contributed by atoms with E-state index in [1.807, 2.05) is 0 Å². The number of halogens is 2. The van der Waals surface area contributed by atoms with Gasteiger partial charge in [-0.05, 0) is 18.9 Å². The minimum Gasteiger partial charge on any atom is -0.308 e. The van der Waals surface area contributed by atoms with Gasteiger partial charge in [0.2, 0.25) is 5.91 Å². The first-order chi connectivity index (χ1) is 10.0. The average molecular weight is 295 g/mol. The molecule has 0 aromatic carbocycles. The monoisotopic (exact) mass is 295 g/mol. The summed E-state index contributed by atoms with van der Waals surface area (Å²) in [6.45, 7) is -0.0882. The van der Waals surface area contributed by atoms with Crippen LogP contribution in [-0.4, -0.2) is 25.5 Å². The van der Waals surface area contributed by atoms with Crippen molar-refractivity contribution in [1.82, 2.24) is 19.6 Å². The average Bonchev–Trinajstić information content (AvgIpc) is 3.05. The number of aromatic nitrogens is 4. The highest BCUT2D eigenvalue weighted by Gasteiger charge is 2.30. The maximum atomic E-state index is 12.7. The normalized spacial score (nSPS) is 14.7. The summed E-state index contributed by atoms with van der Waals surface area (Å²) in [5, 5.41) is 10.5. The zero-order valence-corrected chi connectivity index (χ0v) is 11.5.